The van der Waals surface area contributed by atoms with Crippen LogP contribution in [0.1, 0.15) is 6.42 Å². The van der Waals surface area contributed by atoms with Gasteiger partial charge in [0.15, 0.2) is 0 Å². The Morgan fingerprint density at radius 3 is 2.27 bits per heavy atom. The molecule has 0 spiro atoms. The highest BCUT2D eigenvalue weighted by Crippen LogP contribution is 2.71. The normalized spacial score (nSPS) is 74.1. The highest BCUT2D eigenvalue weighted by molar-refractivity contribution is 5.28. The van der Waals surface area contributed by atoms with Gasteiger partial charge in [0.1, 0.15) is 0 Å². The fraction of sp³-hybridized carbons (Fsp3) is 0.800. The minimum atomic E-state index is 0.0729. The Bertz CT molecular complexity index is 236. The molecule has 4 rings (SSSR count). The fourth-order valence-corrected chi connectivity index (χ4v) is 4.47. The molecule has 11 heavy (non-hydrogen) atoms. The Morgan fingerprint density at radius 2 is 1.64 bits per heavy atom. The van der Waals surface area contributed by atoms with Gasteiger partial charge >= 0.3 is 0 Å². The minimum absolute atomic E-state index is 0.0729. The summed E-state index contributed by atoms with van der Waals surface area (Å²) < 4.78 is 0. The Hall–Kier alpha value is -0.300. The highest BCUT2D eigenvalue weighted by atomic mass is 16.3. The first-order valence-corrected chi connectivity index (χ1v) is 4.74. The number of fused-ring (bicyclic) bond motifs is 2. The third kappa shape index (κ3) is 0.347. The Balaban J connectivity index is 1.94. The van der Waals surface area contributed by atoms with Gasteiger partial charge in [0, 0.05) is 0 Å². The standard InChI is InChI=1S/C10H12O/c11-10-8-4-1-2-5-6(4)3-7(8)9(5)10/h1-2,4-11H,3H2. The largest absolute Gasteiger partial charge is 0.392 e. The Morgan fingerprint density at radius 1 is 1.00 bits per heavy atom. The number of aliphatic hydroxyl groups is 1. The monoisotopic (exact) mass is 148 g/mol. The van der Waals surface area contributed by atoms with E-state index in [4.69, 9.17) is 0 Å². The van der Waals surface area contributed by atoms with Crippen LogP contribution in [0, 0.1) is 35.5 Å². The van der Waals surface area contributed by atoms with Gasteiger partial charge in [0.05, 0.1) is 6.10 Å². The molecule has 3 saturated carbocycles. The van der Waals surface area contributed by atoms with Gasteiger partial charge in [-0.25, -0.2) is 0 Å². The zero-order chi connectivity index (χ0) is 7.16. The number of allylic oxidation sites excluding steroid dienone is 2. The van der Waals surface area contributed by atoms with E-state index in [1.165, 1.54) is 6.42 Å². The predicted octanol–water partition coefficient (Wildman–Crippen LogP) is 1.05. The average Bonchev–Trinajstić information content (AvgIpc) is 2.50. The molecule has 0 radical (unpaired) electrons. The SMILES string of the molecule is OC1C2C3C=CC4C3CC2C14. The van der Waals surface area contributed by atoms with Gasteiger partial charge in [-0.2, -0.15) is 0 Å². The van der Waals surface area contributed by atoms with Crippen LogP contribution < -0.4 is 0 Å². The summed E-state index contributed by atoms with van der Waals surface area (Å²) in [5.74, 6) is 4.80. The summed E-state index contributed by atoms with van der Waals surface area (Å²) in [6.07, 6.45) is 6.27. The van der Waals surface area contributed by atoms with Crippen molar-refractivity contribution >= 4 is 0 Å². The van der Waals surface area contributed by atoms with Crippen molar-refractivity contribution in [2.75, 3.05) is 0 Å². The molecule has 0 amide bonds. The maximum atomic E-state index is 9.77. The fourth-order valence-electron chi connectivity index (χ4n) is 4.47. The molecule has 3 fully saturated rings. The molecule has 0 aliphatic heterocycles. The predicted molar refractivity (Wildman–Crippen MR) is 40.7 cm³/mol. The van der Waals surface area contributed by atoms with Gasteiger partial charge in [0.25, 0.3) is 0 Å². The van der Waals surface area contributed by atoms with Crippen LogP contribution in [0.4, 0.5) is 0 Å². The first-order chi connectivity index (χ1) is 5.38. The summed E-state index contributed by atoms with van der Waals surface area (Å²) in [4.78, 5) is 0. The highest BCUT2D eigenvalue weighted by Gasteiger charge is 2.70. The zero-order valence-electron chi connectivity index (χ0n) is 6.35. The van der Waals surface area contributed by atoms with Crippen LogP contribution in [0.2, 0.25) is 0 Å². The lowest BCUT2D eigenvalue weighted by Crippen LogP contribution is -2.54. The first kappa shape index (κ1) is 5.36. The van der Waals surface area contributed by atoms with E-state index in [-0.39, 0.29) is 6.10 Å². The van der Waals surface area contributed by atoms with Crippen molar-refractivity contribution in [3.8, 4) is 0 Å². The van der Waals surface area contributed by atoms with Crippen molar-refractivity contribution in [3.05, 3.63) is 12.2 Å². The van der Waals surface area contributed by atoms with Gasteiger partial charge in [-0.1, -0.05) is 12.2 Å². The lowest BCUT2D eigenvalue weighted by Gasteiger charge is -2.51. The van der Waals surface area contributed by atoms with Crippen LogP contribution in [-0.4, -0.2) is 11.2 Å². The third-order valence-electron chi connectivity index (χ3n) is 4.76. The number of aliphatic hydroxyl groups excluding tert-OH is 1. The molecule has 58 valence electrons. The van der Waals surface area contributed by atoms with E-state index in [0.29, 0.717) is 11.8 Å². The molecule has 0 saturated heterocycles. The van der Waals surface area contributed by atoms with Gasteiger partial charge in [-0.15, -0.1) is 0 Å². The topological polar surface area (TPSA) is 20.2 Å². The first-order valence-electron chi connectivity index (χ1n) is 4.74. The molecule has 1 heteroatoms. The van der Waals surface area contributed by atoms with Crippen LogP contribution in [0.25, 0.3) is 0 Å². The van der Waals surface area contributed by atoms with Crippen LogP contribution in [0.5, 0.6) is 0 Å². The molecule has 1 nitrogen and oxygen atoms in total. The van der Waals surface area contributed by atoms with E-state index in [1.807, 2.05) is 0 Å². The van der Waals surface area contributed by atoms with E-state index in [9.17, 15) is 5.11 Å². The van der Waals surface area contributed by atoms with Gasteiger partial charge in [-0.05, 0) is 41.9 Å². The number of hydrogen-bond acceptors (Lipinski definition) is 1. The number of hydrogen-bond donors (Lipinski definition) is 1. The van der Waals surface area contributed by atoms with Gasteiger partial charge < -0.3 is 5.11 Å². The molecule has 0 aromatic rings. The van der Waals surface area contributed by atoms with E-state index < -0.39 is 0 Å². The molecule has 0 aromatic carbocycles. The molecular formula is C10H12O. The summed E-state index contributed by atoms with van der Waals surface area (Å²) in [6.45, 7) is 0. The van der Waals surface area contributed by atoms with Crippen LogP contribution >= 0.6 is 0 Å². The minimum Gasteiger partial charge on any atom is -0.392 e. The third-order valence-corrected chi connectivity index (χ3v) is 4.76. The lowest BCUT2D eigenvalue weighted by atomic mass is 9.56. The van der Waals surface area contributed by atoms with Gasteiger partial charge in [0.2, 0.25) is 0 Å². The second-order valence-electron chi connectivity index (χ2n) is 4.75. The molecule has 4 aliphatic rings. The second kappa shape index (κ2) is 1.31. The van der Waals surface area contributed by atoms with Crippen molar-refractivity contribution < 1.29 is 5.11 Å². The zero-order valence-corrected chi connectivity index (χ0v) is 6.35. The molecule has 0 heterocycles. The molecule has 0 aromatic heterocycles. The maximum Gasteiger partial charge on any atom is 0.0613 e. The summed E-state index contributed by atoms with van der Waals surface area (Å²) >= 11 is 0. The van der Waals surface area contributed by atoms with Gasteiger partial charge in [-0.3, -0.25) is 0 Å². The molecule has 4 aliphatic carbocycles. The second-order valence-corrected chi connectivity index (χ2v) is 4.75. The number of rotatable bonds is 0. The smallest absolute Gasteiger partial charge is 0.0613 e. The lowest BCUT2D eigenvalue weighted by molar-refractivity contribution is -0.125. The molecule has 2 bridgehead atoms. The van der Waals surface area contributed by atoms with E-state index >= 15 is 0 Å². The summed E-state index contributed by atoms with van der Waals surface area (Å²) in [6, 6.07) is 0. The summed E-state index contributed by atoms with van der Waals surface area (Å²) in [7, 11) is 0. The molecule has 1 N–H and O–H groups in total. The van der Waals surface area contributed by atoms with Crippen LogP contribution in [0.15, 0.2) is 12.2 Å². The molecule has 4 unspecified atom stereocenters. The van der Waals surface area contributed by atoms with E-state index in [0.717, 1.165) is 23.7 Å². The van der Waals surface area contributed by atoms with Crippen LogP contribution in [-0.2, 0) is 0 Å². The van der Waals surface area contributed by atoms with E-state index in [2.05, 4.69) is 12.2 Å². The maximum absolute atomic E-state index is 9.77. The van der Waals surface area contributed by atoms with Crippen LogP contribution in [0.3, 0.4) is 0 Å². The van der Waals surface area contributed by atoms with E-state index in [1.54, 1.807) is 0 Å². The average molecular weight is 148 g/mol. The van der Waals surface area contributed by atoms with Crippen molar-refractivity contribution in [2.24, 2.45) is 35.5 Å². The Kier molecular flexibility index (Phi) is 0.637. The summed E-state index contributed by atoms with van der Waals surface area (Å²) in [5.41, 5.74) is 0. The quantitative estimate of drug-likeness (QED) is 0.509. The van der Waals surface area contributed by atoms with Crippen molar-refractivity contribution in [1.82, 2.24) is 0 Å². The Labute approximate surface area is 66.1 Å². The molecular weight excluding hydrogens is 136 g/mol. The van der Waals surface area contributed by atoms with Crippen molar-refractivity contribution in [2.45, 2.75) is 12.5 Å². The van der Waals surface area contributed by atoms with Crippen molar-refractivity contribution in [3.63, 3.8) is 0 Å². The van der Waals surface area contributed by atoms with Crippen molar-refractivity contribution in [1.29, 1.82) is 0 Å². The summed E-state index contributed by atoms with van der Waals surface area (Å²) in [5, 5.41) is 9.77. The molecule has 4 atom stereocenters.